The van der Waals surface area contributed by atoms with Crippen LogP contribution in [-0.2, 0) is 4.74 Å². The van der Waals surface area contributed by atoms with E-state index in [2.05, 4.69) is 0 Å². The Morgan fingerprint density at radius 3 is 2.79 bits per heavy atom. The summed E-state index contributed by atoms with van der Waals surface area (Å²) < 4.78 is 16.7. The molecule has 2 atom stereocenters. The first-order chi connectivity index (χ1) is 9.28. The number of aliphatic hydroxyl groups excluding tert-OH is 1. The van der Waals surface area contributed by atoms with Crippen LogP contribution in [0.25, 0.3) is 0 Å². The molecule has 1 aromatic carbocycles. The minimum absolute atomic E-state index is 0.0820. The lowest BCUT2D eigenvalue weighted by atomic mass is 9.87. The smallest absolute Gasteiger partial charge is 0.129 e. The highest BCUT2D eigenvalue weighted by atomic mass is 16.5. The predicted octanol–water partition coefficient (Wildman–Crippen LogP) is 2.31. The van der Waals surface area contributed by atoms with Crippen LogP contribution >= 0.6 is 0 Å². The van der Waals surface area contributed by atoms with E-state index in [1.54, 1.807) is 7.11 Å². The minimum atomic E-state index is -0.442. The van der Waals surface area contributed by atoms with Crippen molar-refractivity contribution in [2.24, 2.45) is 5.92 Å². The molecule has 1 unspecified atom stereocenters. The molecule has 0 saturated carbocycles. The van der Waals surface area contributed by atoms with Gasteiger partial charge in [-0.15, -0.1) is 0 Å². The molecule has 4 heteroatoms. The van der Waals surface area contributed by atoms with Crippen LogP contribution in [0.2, 0.25) is 0 Å². The normalized spacial score (nSPS) is 27.5. The highest BCUT2D eigenvalue weighted by molar-refractivity contribution is 5.43. The van der Waals surface area contributed by atoms with Gasteiger partial charge in [-0.3, -0.25) is 0 Å². The van der Waals surface area contributed by atoms with Gasteiger partial charge in [0.2, 0.25) is 0 Å². The molecule has 4 nitrogen and oxygen atoms in total. The summed E-state index contributed by atoms with van der Waals surface area (Å²) in [5.41, 5.74) is 0.865. The highest BCUT2D eigenvalue weighted by Crippen LogP contribution is 2.40. The number of hydrogen-bond donors (Lipinski definition) is 1. The van der Waals surface area contributed by atoms with Gasteiger partial charge in [0.1, 0.15) is 17.6 Å². The average molecular weight is 264 g/mol. The summed E-state index contributed by atoms with van der Waals surface area (Å²) in [5.74, 6) is 2.00. The molecule has 1 N–H and O–H groups in total. The molecule has 0 radical (unpaired) electrons. The van der Waals surface area contributed by atoms with Crippen molar-refractivity contribution < 1.29 is 19.3 Å². The molecule has 0 aliphatic carbocycles. The Hall–Kier alpha value is -1.26. The number of rotatable bonds is 2. The van der Waals surface area contributed by atoms with E-state index in [-0.39, 0.29) is 6.10 Å². The molecule has 0 aromatic heterocycles. The largest absolute Gasteiger partial charge is 0.497 e. The third-order valence-electron chi connectivity index (χ3n) is 4.11. The van der Waals surface area contributed by atoms with Gasteiger partial charge in [-0.2, -0.15) is 0 Å². The molecular formula is C15H20O4. The van der Waals surface area contributed by atoms with Gasteiger partial charge in [0.25, 0.3) is 0 Å². The van der Waals surface area contributed by atoms with E-state index in [9.17, 15) is 5.11 Å². The van der Waals surface area contributed by atoms with Gasteiger partial charge in [0, 0.05) is 37.2 Å². The summed E-state index contributed by atoms with van der Waals surface area (Å²) in [5, 5.41) is 10.3. The Morgan fingerprint density at radius 2 is 2.05 bits per heavy atom. The number of fused-ring (bicyclic) bond motifs is 1. The topological polar surface area (TPSA) is 47.9 Å². The first-order valence-electron chi connectivity index (χ1n) is 6.88. The molecule has 0 bridgehead atoms. The maximum absolute atomic E-state index is 10.3. The second kappa shape index (κ2) is 5.39. The van der Waals surface area contributed by atoms with E-state index >= 15 is 0 Å². The average Bonchev–Trinajstić information content (AvgIpc) is 2.47. The van der Waals surface area contributed by atoms with E-state index in [0.29, 0.717) is 12.3 Å². The zero-order chi connectivity index (χ0) is 13.2. The summed E-state index contributed by atoms with van der Waals surface area (Å²) in [6, 6.07) is 5.61. The van der Waals surface area contributed by atoms with Crippen molar-refractivity contribution in [3.05, 3.63) is 23.8 Å². The van der Waals surface area contributed by atoms with Crippen molar-refractivity contribution in [2.75, 3.05) is 20.3 Å². The molecule has 2 aliphatic rings. The Morgan fingerprint density at radius 1 is 1.26 bits per heavy atom. The van der Waals surface area contributed by atoms with Gasteiger partial charge in [-0.1, -0.05) is 0 Å². The molecule has 2 aliphatic heterocycles. The molecule has 0 amide bonds. The molecular weight excluding hydrogens is 244 g/mol. The van der Waals surface area contributed by atoms with Crippen LogP contribution in [0.3, 0.4) is 0 Å². The quantitative estimate of drug-likeness (QED) is 0.890. The lowest BCUT2D eigenvalue weighted by Gasteiger charge is -2.36. The van der Waals surface area contributed by atoms with E-state index in [1.165, 1.54) is 0 Å². The molecule has 1 aromatic rings. The number of benzene rings is 1. The van der Waals surface area contributed by atoms with Gasteiger partial charge in [0.05, 0.1) is 13.2 Å². The second-order valence-corrected chi connectivity index (χ2v) is 5.26. The molecule has 1 saturated heterocycles. The lowest BCUT2D eigenvalue weighted by Crippen LogP contribution is -2.36. The van der Waals surface area contributed by atoms with Crippen LogP contribution in [0.5, 0.6) is 11.5 Å². The molecule has 3 rings (SSSR count). The molecule has 0 spiro atoms. The van der Waals surface area contributed by atoms with Crippen molar-refractivity contribution in [3.63, 3.8) is 0 Å². The summed E-state index contributed by atoms with van der Waals surface area (Å²) >= 11 is 0. The Bertz CT molecular complexity index is 440. The molecule has 19 heavy (non-hydrogen) atoms. The van der Waals surface area contributed by atoms with E-state index in [0.717, 1.165) is 43.1 Å². The first-order valence-corrected chi connectivity index (χ1v) is 6.88. The second-order valence-electron chi connectivity index (χ2n) is 5.26. The van der Waals surface area contributed by atoms with Gasteiger partial charge >= 0.3 is 0 Å². The standard InChI is InChI=1S/C15H20O4/c1-17-11-2-3-12-13(16)9-14(19-15(12)8-11)10-4-6-18-7-5-10/h2-3,8,10,13-14,16H,4-7,9H2,1H3/t13-,14?/m0/s1. The Balaban J connectivity index is 1.81. The van der Waals surface area contributed by atoms with Crippen LogP contribution in [-0.4, -0.2) is 31.5 Å². The van der Waals surface area contributed by atoms with Gasteiger partial charge in [-0.05, 0) is 25.0 Å². The fraction of sp³-hybridized carbons (Fsp3) is 0.600. The zero-order valence-corrected chi connectivity index (χ0v) is 11.2. The van der Waals surface area contributed by atoms with Crippen LogP contribution in [0.15, 0.2) is 18.2 Å². The van der Waals surface area contributed by atoms with Crippen molar-refractivity contribution in [1.29, 1.82) is 0 Å². The van der Waals surface area contributed by atoms with E-state index in [4.69, 9.17) is 14.2 Å². The predicted molar refractivity (Wildman–Crippen MR) is 70.5 cm³/mol. The fourth-order valence-electron chi connectivity index (χ4n) is 2.95. The third kappa shape index (κ3) is 2.55. The van der Waals surface area contributed by atoms with Crippen LogP contribution in [0.4, 0.5) is 0 Å². The molecule has 1 fully saturated rings. The number of hydrogen-bond acceptors (Lipinski definition) is 4. The van der Waals surface area contributed by atoms with Crippen molar-refractivity contribution in [1.82, 2.24) is 0 Å². The van der Waals surface area contributed by atoms with Crippen molar-refractivity contribution >= 4 is 0 Å². The zero-order valence-electron chi connectivity index (χ0n) is 11.2. The number of ether oxygens (including phenoxy) is 3. The maximum atomic E-state index is 10.3. The summed E-state index contributed by atoms with van der Waals surface area (Å²) in [7, 11) is 1.64. The monoisotopic (exact) mass is 264 g/mol. The third-order valence-corrected chi connectivity index (χ3v) is 4.11. The fourth-order valence-corrected chi connectivity index (χ4v) is 2.95. The lowest BCUT2D eigenvalue weighted by molar-refractivity contribution is -0.0151. The van der Waals surface area contributed by atoms with Crippen molar-refractivity contribution in [3.8, 4) is 11.5 Å². The minimum Gasteiger partial charge on any atom is -0.497 e. The van der Waals surface area contributed by atoms with Crippen LogP contribution in [0.1, 0.15) is 30.9 Å². The summed E-state index contributed by atoms with van der Waals surface area (Å²) in [4.78, 5) is 0. The van der Waals surface area contributed by atoms with E-state index < -0.39 is 6.10 Å². The van der Waals surface area contributed by atoms with E-state index in [1.807, 2.05) is 18.2 Å². The Labute approximate surface area is 113 Å². The molecule has 2 heterocycles. The Kier molecular flexibility index (Phi) is 3.62. The number of methoxy groups -OCH3 is 1. The SMILES string of the molecule is COc1ccc2c(c1)OC(C1CCOCC1)C[C@@H]2O. The highest BCUT2D eigenvalue weighted by Gasteiger charge is 2.33. The van der Waals surface area contributed by atoms with Gasteiger partial charge in [0.15, 0.2) is 0 Å². The van der Waals surface area contributed by atoms with Gasteiger partial charge in [-0.25, -0.2) is 0 Å². The number of aliphatic hydroxyl groups is 1. The summed E-state index contributed by atoms with van der Waals surface area (Å²) in [6.07, 6.45) is 2.33. The first kappa shape index (κ1) is 12.8. The van der Waals surface area contributed by atoms with Crippen LogP contribution < -0.4 is 9.47 Å². The maximum Gasteiger partial charge on any atom is 0.129 e. The van der Waals surface area contributed by atoms with Gasteiger partial charge < -0.3 is 19.3 Å². The summed E-state index contributed by atoms with van der Waals surface area (Å²) in [6.45, 7) is 1.59. The molecule has 104 valence electrons. The van der Waals surface area contributed by atoms with Crippen molar-refractivity contribution in [2.45, 2.75) is 31.5 Å². The van der Waals surface area contributed by atoms with Crippen LogP contribution in [0, 0.1) is 5.92 Å².